The number of pyridine rings is 1. The first-order valence-electron chi connectivity index (χ1n) is 9.19. The van der Waals surface area contributed by atoms with Gasteiger partial charge in [-0.05, 0) is 42.8 Å². The maximum absolute atomic E-state index is 12.8. The number of halogens is 4. The normalized spacial score (nSPS) is 11.6. The van der Waals surface area contributed by atoms with Gasteiger partial charge in [-0.25, -0.2) is 20.4 Å². The SMILES string of the molecule is Cc1nc(C(F)(F)F)ccc1CNc1ccc(Cl)c(-c2ncc(/C=C/C(=O)NO)cn2)c1. The topological polar surface area (TPSA) is 100 Å². The summed E-state index contributed by atoms with van der Waals surface area (Å²) < 4.78 is 38.3. The third-order valence-electron chi connectivity index (χ3n) is 4.39. The van der Waals surface area contributed by atoms with Crippen molar-refractivity contribution in [1.82, 2.24) is 20.4 Å². The fourth-order valence-corrected chi connectivity index (χ4v) is 2.91. The number of hydroxylamine groups is 1. The van der Waals surface area contributed by atoms with E-state index in [1.807, 2.05) is 0 Å². The zero-order chi connectivity index (χ0) is 23.3. The van der Waals surface area contributed by atoms with Crippen LogP contribution in [0.1, 0.15) is 22.5 Å². The van der Waals surface area contributed by atoms with Gasteiger partial charge >= 0.3 is 6.18 Å². The molecule has 3 N–H and O–H groups in total. The summed E-state index contributed by atoms with van der Waals surface area (Å²) in [5, 5.41) is 12.0. The van der Waals surface area contributed by atoms with Crippen LogP contribution in [0.4, 0.5) is 18.9 Å². The largest absolute Gasteiger partial charge is 0.433 e. The fourth-order valence-electron chi connectivity index (χ4n) is 2.71. The van der Waals surface area contributed by atoms with Crippen LogP contribution in [0.5, 0.6) is 0 Å². The van der Waals surface area contributed by atoms with E-state index in [0.29, 0.717) is 33.2 Å². The number of nitrogens with zero attached hydrogens (tertiary/aromatic N) is 3. The summed E-state index contributed by atoms with van der Waals surface area (Å²) in [5.74, 6) is -0.343. The Bertz CT molecular complexity index is 1150. The second-order valence-corrected chi connectivity index (χ2v) is 7.04. The molecule has 0 spiro atoms. The number of carbonyl (C=O) groups is 1. The van der Waals surface area contributed by atoms with E-state index in [4.69, 9.17) is 16.8 Å². The number of anilines is 1. The van der Waals surface area contributed by atoms with Crippen molar-refractivity contribution in [2.75, 3.05) is 5.32 Å². The lowest BCUT2D eigenvalue weighted by Crippen LogP contribution is -2.14. The van der Waals surface area contributed by atoms with Crippen LogP contribution < -0.4 is 10.8 Å². The highest BCUT2D eigenvalue weighted by Crippen LogP contribution is 2.30. The number of amides is 1. The molecule has 2 aromatic heterocycles. The Morgan fingerprint density at radius 3 is 2.53 bits per heavy atom. The van der Waals surface area contributed by atoms with Gasteiger partial charge in [0.05, 0.1) is 5.02 Å². The van der Waals surface area contributed by atoms with Crippen LogP contribution in [0.15, 0.2) is 48.8 Å². The van der Waals surface area contributed by atoms with Gasteiger partial charge in [0.2, 0.25) is 0 Å². The van der Waals surface area contributed by atoms with Gasteiger partial charge in [-0.3, -0.25) is 10.0 Å². The second kappa shape index (κ2) is 9.75. The summed E-state index contributed by atoms with van der Waals surface area (Å²) in [7, 11) is 0. The minimum Gasteiger partial charge on any atom is -0.381 e. The molecule has 166 valence electrons. The molecule has 0 atom stereocenters. The predicted molar refractivity (Wildman–Crippen MR) is 113 cm³/mol. The number of nitrogens with one attached hydrogen (secondary N) is 2. The molecule has 0 saturated carbocycles. The Balaban J connectivity index is 1.75. The van der Waals surface area contributed by atoms with E-state index in [2.05, 4.69) is 20.3 Å². The molecular weight excluding hydrogens is 447 g/mol. The first kappa shape index (κ1) is 23.2. The molecule has 0 unspecified atom stereocenters. The number of carbonyl (C=O) groups excluding carboxylic acids is 1. The van der Waals surface area contributed by atoms with E-state index in [9.17, 15) is 18.0 Å². The molecule has 1 amide bonds. The number of hydrogen-bond donors (Lipinski definition) is 3. The lowest BCUT2D eigenvalue weighted by atomic mass is 10.1. The number of aromatic nitrogens is 3. The Hall–Kier alpha value is -3.50. The van der Waals surface area contributed by atoms with Gasteiger partial charge in [-0.1, -0.05) is 17.7 Å². The second-order valence-electron chi connectivity index (χ2n) is 6.64. The van der Waals surface area contributed by atoms with Gasteiger partial charge in [0.15, 0.2) is 5.82 Å². The Morgan fingerprint density at radius 2 is 1.91 bits per heavy atom. The van der Waals surface area contributed by atoms with Crippen LogP contribution in [0.3, 0.4) is 0 Å². The van der Waals surface area contributed by atoms with E-state index < -0.39 is 17.8 Å². The average molecular weight is 464 g/mol. The maximum Gasteiger partial charge on any atom is 0.433 e. The summed E-state index contributed by atoms with van der Waals surface area (Å²) in [6.07, 6.45) is 1.02. The Labute approximate surface area is 186 Å². The maximum atomic E-state index is 12.8. The molecule has 0 aliphatic rings. The van der Waals surface area contributed by atoms with Gasteiger partial charge in [-0.15, -0.1) is 0 Å². The first-order chi connectivity index (χ1) is 15.2. The van der Waals surface area contributed by atoms with E-state index >= 15 is 0 Å². The van der Waals surface area contributed by atoms with Crippen LogP contribution in [-0.2, 0) is 17.5 Å². The Morgan fingerprint density at radius 1 is 1.19 bits per heavy atom. The molecule has 3 aromatic rings. The molecule has 0 fully saturated rings. The Kier molecular flexibility index (Phi) is 7.06. The van der Waals surface area contributed by atoms with E-state index in [0.717, 1.165) is 12.1 Å². The summed E-state index contributed by atoms with van der Waals surface area (Å²) in [6.45, 7) is 1.78. The van der Waals surface area contributed by atoms with Gasteiger partial charge in [-0.2, -0.15) is 13.2 Å². The van der Waals surface area contributed by atoms with E-state index in [-0.39, 0.29) is 12.2 Å². The van der Waals surface area contributed by atoms with Crippen LogP contribution in [0.2, 0.25) is 5.02 Å². The third kappa shape index (κ3) is 5.80. The highest BCUT2D eigenvalue weighted by molar-refractivity contribution is 6.33. The van der Waals surface area contributed by atoms with Gasteiger partial charge in [0, 0.05) is 47.5 Å². The quantitative estimate of drug-likeness (QED) is 0.279. The van der Waals surface area contributed by atoms with Crippen molar-refractivity contribution in [1.29, 1.82) is 0 Å². The fraction of sp³-hybridized carbons (Fsp3) is 0.143. The molecule has 32 heavy (non-hydrogen) atoms. The van der Waals surface area contributed by atoms with Crippen LogP contribution in [-0.4, -0.2) is 26.1 Å². The van der Waals surface area contributed by atoms with Crippen molar-refractivity contribution in [3.63, 3.8) is 0 Å². The highest BCUT2D eigenvalue weighted by Gasteiger charge is 2.32. The standard InChI is InChI=1S/C21H17ClF3N5O2/c1-12-14(3-6-18(29-12)21(23,24)25)11-26-15-4-5-17(22)16(8-15)20-27-9-13(10-28-20)2-7-19(31)30-32/h2-10,26,32H,11H2,1H3,(H,30,31)/b7-2+. The van der Waals surface area contributed by atoms with E-state index in [1.165, 1.54) is 36.9 Å². The number of benzene rings is 1. The van der Waals surface area contributed by atoms with Gasteiger partial charge < -0.3 is 5.32 Å². The zero-order valence-corrected chi connectivity index (χ0v) is 17.4. The average Bonchev–Trinajstić information content (AvgIpc) is 2.77. The predicted octanol–water partition coefficient (Wildman–Crippen LogP) is 4.65. The summed E-state index contributed by atoms with van der Waals surface area (Å²) in [6, 6.07) is 7.44. The zero-order valence-electron chi connectivity index (χ0n) is 16.6. The van der Waals surface area contributed by atoms with Crippen LogP contribution >= 0.6 is 11.6 Å². The van der Waals surface area contributed by atoms with Crippen LogP contribution in [0.25, 0.3) is 17.5 Å². The summed E-state index contributed by atoms with van der Waals surface area (Å²) >= 11 is 6.28. The minimum atomic E-state index is -4.49. The van der Waals surface area contributed by atoms with Crippen molar-refractivity contribution in [3.8, 4) is 11.4 Å². The molecule has 2 heterocycles. The van der Waals surface area contributed by atoms with Crippen molar-refractivity contribution < 1.29 is 23.2 Å². The van der Waals surface area contributed by atoms with Crippen molar-refractivity contribution >= 4 is 29.3 Å². The molecule has 0 bridgehead atoms. The number of hydrogen-bond acceptors (Lipinski definition) is 6. The van der Waals surface area contributed by atoms with Gasteiger partial charge in [0.1, 0.15) is 5.69 Å². The monoisotopic (exact) mass is 463 g/mol. The van der Waals surface area contributed by atoms with Crippen molar-refractivity contribution in [2.45, 2.75) is 19.6 Å². The molecule has 0 radical (unpaired) electrons. The molecule has 3 rings (SSSR count). The number of alkyl halides is 3. The first-order valence-corrected chi connectivity index (χ1v) is 9.57. The van der Waals surface area contributed by atoms with Gasteiger partial charge in [0.25, 0.3) is 5.91 Å². The molecule has 0 aliphatic heterocycles. The molecule has 0 saturated heterocycles. The molecule has 7 nitrogen and oxygen atoms in total. The minimum absolute atomic E-state index is 0.259. The smallest absolute Gasteiger partial charge is 0.381 e. The van der Waals surface area contributed by atoms with E-state index in [1.54, 1.807) is 18.2 Å². The summed E-state index contributed by atoms with van der Waals surface area (Å²) in [5.41, 5.74) is 3.19. The van der Waals surface area contributed by atoms with Crippen molar-refractivity contribution in [2.24, 2.45) is 0 Å². The molecule has 1 aromatic carbocycles. The number of aryl methyl sites for hydroxylation is 1. The van der Waals surface area contributed by atoms with Crippen LogP contribution in [0, 0.1) is 6.92 Å². The lowest BCUT2D eigenvalue weighted by molar-refractivity contribution is -0.141. The summed E-state index contributed by atoms with van der Waals surface area (Å²) in [4.78, 5) is 23.1. The highest BCUT2D eigenvalue weighted by atomic mass is 35.5. The lowest BCUT2D eigenvalue weighted by Gasteiger charge is -2.13. The molecular formula is C21H17ClF3N5O2. The molecule has 0 aliphatic carbocycles. The van der Waals surface area contributed by atoms with Crippen molar-refractivity contribution in [3.05, 3.63) is 76.3 Å². The molecule has 11 heteroatoms. The number of rotatable bonds is 6. The third-order valence-corrected chi connectivity index (χ3v) is 4.71.